The minimum atomic E-state index is 0.629. The van der Waals surface area contributed by atoms with Gasteiger partial charge in [0.05, 0.1) is 19.0 Å². The zero-order chi connectivity index (χ0) is 11.1. The first-order valence-corrected chi connectivity index (χ1v) is 5.91. The molecule has 86 valence electrons. The van der Waals surface area contributed by atoms with E-state index in [9.17, 15) is 0 Å². The lowest BCUT2D eigenvalue weighted by atomic mass is 10.1. The highest BCUT2D eigenvalue weighted by Crippen LogP contribution is 2.12. The second kappa shape index (κ2) is 6.49. The van der Waals surface area contributed by atoms with E-state index in [0.717, 1.165) is 25.3 Å². The molecule has 0 bridgehead atoms. The summed E-state index contributed by atoms with van der Waals surface area (Å²) in [5.74, 6) is 1.52. The molecular weight excluding hydrogens is 188 g/mol. The molecule has 1 aromatic heterocycles. The van der Waals surface area contributed by atoms with Crippen LogP contribution in [0.5, 0.6) is 5.75 Å². The Bertz CT molecular complexity index is 270. The normalized spacial score (nSPS) is 12.7. The van der Waals surface area contributed by atoms with Crippen LogP contribution in [0.2, 0.25) is 0 Å². The molecule has 1 unspecified atom stereocenters. The van der Waals surface area contributed by atoms with E-state index in [1.165, 1.54) is 12.8 Å². The first-order valence-electron chi connectivity index (χ1n) is 5.91. The van der Waals surface area contributed by atoms with Gasteiger partial charge in [-0.25, -0.2) is 0 Å². The van der Waals surface area contributed by atoms with E-state index >= 15 is 0 Å². The van der Waals surface area contributed by atoms with Gasteiger partial charge < -0.3 is 4.74 Å². The summed E-state index contributed by atoms with van der Waals surface area (Å²) in [4.78, 5) is 0. The largest absolute Gasteiger partial charge is 0.490 e. The van der Waals surface area contributed by atoms with Crippen LogP contribution >= 0.6 is 0 Å². The molecule has 0 saturated carbocycles. The molecule has 3 nitrogen and oxygen atoms in total. The van der Waals surface area contributed by atoms with Crippen molar-refractivity contribution in [3.63, 3.8) is 0 Å². The van der Waals surface area contributed by atoms with Crippen molar-refractivity contribution in [3.05, 3.63) is 12.4 Å². The van der Waals surface area contributed by atoms with Gasteiger partial charge in [0.2, 0.25) is 0 Å². The zero-order valence-electron chi connectivity index (χ0n) is 10.1. The van der Waals surface area contributed by atoms with E-state index in [1.807, 2.05) is 10.9 Å². The Balaban J connectivity index is 2.30. The third kappa shape index (κ3) is 4.36. The standard InChI is InChI=1S/C12H22N2O/c1-4-6-11(3)10-15-12-8-13-14(9-12)7-5-2/h8-9,11H,4-7,10H2,1-3H3. The average molecular weight is 210 g/mol. The molecule has 1 atom stereocenters. The van der Waals surface area contributed by atoms with Crippen molar-refractivity contribution in [1.82, 2.24) is 9.78 Å². The van der Waals surface area contributed by atoms with E-state index in [0.29, 0.717) is 5.92 Å². The summed E-state index contributed by atoms with van der Waals surface area (Å²) in [5.41, 5.74) is 0. The summed E-state index contributed by atoms with van der Waals surface area (Å²) >= 11 is 0. The van der Waals surface area contributed by atoms with Crippen LogP contribution in [0.1, 0.15) is 40.0 Å². The van der Waals surface area contributed by atoms with Gasteiger partial charge in [0.25, 0.3) is 0 Å². The van der Waals surface area contributed by atoms with Crippen LogP contribution in [0.3, 0.4) is 0 Å². The molecule has 0 spiro atoms. The highest BCUT2D eigenvalue weighted by Gasteiger charge is 2.03. The van der Waals surface area contributed by atoms with Crippen molar-refractivity contribution in [3.8, 4) is 5.75 Å². The monoisotopic (exact) mass is 210 g/mol. The minimum Gasteiger partial charge on any atom is -0.490 e. The Kier molecular flexibility index (Phi) is 5.22. The Morgan fingerprint density at radius 1 is 1.40 bits per heavy atom. The summed E-state index contributed by atoms with van der Waals surface area (Å²) in [7, 11) is 0. The van der Waals surface area contributed by atoms with Gasteiger partial charge in [-0.3, -0.25) is 4.68 Å². The topological polar surface area (TPSA) is 27.1 Å². The van der Waals surface area contributed by atoms with Crippen LogP contribution in [-0.4, -0.2) is 16.4 Å². The van der Waals surface area contributed by atoms with Crippen molar-refractivity contribution < 1.29 is 4.74 Å². The summed E-state index contributed by atoms with van der Waals surface area (Å²) in [5, 5.41) is 4.22. The molecule has 1 heterocycles. The van der Waals surface area contributed by atoms with Crippen LogP contribution in [0.4, 0.5) is 0 Å². The van der Waals surface area contributed by atoms with Gasteiger partial charge in [0.1, 0.15) is 0 Å². The lowest BCUT2D eigenvalue weighted by Crippen LogP contribution is -2.07. The summed E-state index contributed by atoms with van der Waals surface area (Å²) < 4.78 is 7.59. The van der Waals surface area contributed by atoms with E-state index < -0.39 is 0 Å². The SMILES string of the molecule is CCCC(C)COc1cnn(CCC)c1. The Hall–Kier alpha value is -0.990. The van der Waals surface area contributed by atoms with Crippen LogP contribution in [0.15, 0.2) is 12.4 Å². The van der Waals surface area contributed by atoms with Gasteiger partial charge in [-0.1, -0.05) is 27.2 Å². The van der Waals surface area contributed by atoms with Crippen molar-refractivity contribution in [2.75, 3.05) is 6.61 Å². The Morgan fingerprint density at radius 3 is 2.87 bits per heavy atom. The van der Waals surface area contributed by atoms with Crippen LogP contribution < -0.4 is 4.74 Å². The van der Waals surface area contributed by atoms with E-state index in [1.54, 1.807) is 6.20 Å². The molecule has 15 heavy (non-hydrogen) atoms. The maximum absolute atomic E-state index is 5.66. The molecule has 0 radical (unpaired) electrons. The molecule has 0 saturated heterocycles. The minimum absolute atomic E-state index is 0.629. The number of hydrogen-bond acceptors (Lipinski definition) is 2. The molecule has 0 aliphatic rings. The maximum Gasteiger partial charge on any atom is 0.157 e. The van der Waals surface area contributed by atoms with Gasteiger partial charge >= 0.3 is 0 Å². The number of aryl methyl sites for hydroxylation is 1. The predicted octanol–water partition coefficient (Wildman–Crippen LogP) is 3.11. The first-order chi connectivity index (χ1) is 7.26. The van der Waals surface area contributed by atoms with Crippen LogP contribution in [0.25, 0.3) is 0 Å². The van der Waals surface area contributed by atoms with Crippen molar-refractivity contribution in [2.24, 2.45) is 5.92 Å². The molecule has 0 N–H and O–H groups in total. The maximum atomic E-state index is 5.66. The number of nitrogens with zero attached hydrogens (tertiary/aromatic N) is 2. The van der Waals surface area contributed by atoms with Gasteiger partial charge in [-0.2, -0.15) is 5.10 Å². The van der Waals surface area contributed by atoms with Crippen molar-refractivity contribution in [1.29, 1.82) is 0 Å². The van der Waals surface area contributed by atoms with Crippen molar-refractivity contribution >= 4 is 0 Å². The molecule has 0 aliphatic carbocycles. The van der Waals surface area contributed by atoms with Gasteiger partial charge in [0, 0.05) is 6.54 Å². The number of aromatic nitrogens is 2. The highest BCUT2D eigenvalue weighted by molar-refractivity contribution is 5.11. The molecular formula is C12H22N2O. The molecule has 0 aromatic carbocycles. The second-order valence-electron chi connectivity index (χ2n) is 4.14. The summed E-state index contributed by atoms with van der Waals surface area (Å²) in [6.45, 7) is 8.33. The quantitative estimate of drug-likeness (QED) is 0.691. The highest BCUT2D eigenvalue weighted by atomic mass is 16.5. The molecule has 0 amide bonds. The fraction of sp³-hybridized carbons (Fsp3) is 0.750. The number of hydrogen-bond donors (Lipinski definition) is 0. The molecule has 3 heteroatoms. The first kappa shape index (κ1) is 12.1. The van der Waals surface area contributed by atoms with Crippen molar-refractivity contribution in [2.45, 2.75) is 46.6 Å². The van der Waals surface area contributed by atoms with Gasteiger partial charge in [-0.15, -0.1) is 0 Å². The molecule has 0 fully saturated rings. The number of rotatable bonds is 7. The summed E-state index contributed by atoms with van der Waals surface area (Å²) in [6, 6.07) is 0. The smallest absolute Gasteiger partial charge is 0.157 e. The molecule has 1 aromatic rings. The molecule has 0 aliphatic heterocycles. The Labute approximate surface area is 92.4 Å². The molecule has 1 rings (SSSR count). The van der Waals surface area contributed by atoms with Gasteiger partial charge in [-0.05, 0) is 18.8 Å². The van der Waals surface area contributed by atoms with Crippen LogP contribution in [0, 0.1) is 5.92 Å². The lowest BCUT2D eigenvalue weighted by Gasteiger charge is -2.09. The predicted molar refractivity (Wildman–Crippen MR) is 62.1 cm³/mol. The number of ether oxygens (including phenoxy) is 1. The third-order valence-corrected chi connectivity index (χ3v) is 2.38. The third-order valence-electron chi connectivity index (χ3n) is 2.38. The van der Waals surface area contributed by atoms with E-state index in [2.05, 4.69) is 25.9 Å². The fourth-order valence-corrected chi connectivity index (χ4v) is 1.59. The fourth-order valence-electron chi connectivity index (χ4n) is 1.59. The van der Waals surface area contributed by atoms with E-state index in [4.69, 9.17) is 4.74 Å². The van der Waals surface area contributed by atoms with Gasteiger partial charge in [0.15, 0.2) is 5.75 Å². The van der Waals surface area contributed by atoms with E-state index in [-0.39, 0.29) is 0 Å². The Morgan fingerprint density at radius 2 is 2.20 bits per heavy atom. The van der Waals surface area contributed by atoms with Crippen LogP contribution in [-0.2, 0) is 6.54 Å². The summed E-state index contributed by atoms with van der Waals surface area (Å²) in [6.07, 6.45) is 7.33. The average Bonchev–Trinajstić information content (AvgIpc) is 2.64. The zero-order valence-corrected chi connectivity index (χ0v) is 10.1. The second-order valence-corrected chi connectivity index (χ2v) is 4.14. The lowest BCUT2D eigenvalue weighted by molar-refractivity contribution is 0.251.